The van der Waals surface area contributed by atoms with Crippen LogP contribution in [0, 0.1) is 0 Å². The number of methoxy groups -OCH3 is 1. The molecule has 0 heterocycles. The number of carbonyl (C=O) groups is 1. The third-order valence-corrected chi connectivity index (χ3v) is 3.84. The summed E-state index contributed by atoms with van der Waals surface area (Å²) in [6.07, 6.45) is -1.40. The fraction of sp³-hybridized carbons (Fsp3) is 0.381. The first-order chi connectivity index (χ1) is 13.1. The first kappa shape index (κ1) is 23.5. The lowest BCUT2D eigenvalue weighted by Crippen LogP contribution is -2.10. The highest BCUT2D eigenvalue weighted by Gasteiger charge is 2.32. The van der Waals surface area contributed by atoms with Crippen LogP contribution in [-0.4, -0.2) is 37.6 Å². The highest BCUT2D eigenvalue weighted by atomic mass is 19.4. The molecule has 1 N–H and O–H groups in total. The summed E-state index contributed by atoms with van der Waals surface area (Å²) in [6, 6.07) is 4.89. The zero-order valence-electron chi connectivity index (χ0n) is 16.4. The molecule has 0 radical (unpaired) electrons. The molecule has 1 aromatic rings. The quantitative estimate of drug-likeness (QED) is 0.512. The SMILES string of the molecule is CCOC(=O)Cc1ccc(OC)c(/C(C)=C/C(=C\C=C(/C)CO)C(F)(F)F)c1. The average Bonchev–Trinajstić information content (AvgIpc) is 2.63. The summed E-state index contributed by atoms with van der Waals surface area (Å²) in [7, 11) is 1.42. The van der Waals surface area contributed by atoms with Gasteiger partial charge in [0.25, 0.3) is 0 Å². The second kappa shape index (κ2) is 10.7. The van der Waals surface area contributed by atoms with E-state index in [-0.39, 0.29) is 19.6 Å². The molecule has 154 valence electrons. The highest BCUT2D eigenvalue weighted by Crippen LogP contribution is 2.33. The number of allylic oxidation sites excluding steroid dienone is 5. The van der Waals surface area contributed by atoms with Crippen molar-refractivity contribution in [2.45, 2.75) is 33.4 Å². The first-order valence-electron chi connectivity index (χ1n) is 8.69. The van der Waals surface area contributed by atoms with Gasteiger partial charge in [-0.05, 0) is 61.8 Å². The normalized spacial score (nSPS) is 13.5. The van der Waals surface area contributed by atoms with Crippen LogP contribution in [0.4, 0.5) is 13.2 Å². The van der Waals surface area contributed by atoms with Gasteiger partial charge in [-0.15, -0.1) is 0 Å². The molecular formula is C21H25F3O4. The van der Waals surface area contributed by atoms with Gasteiger partial charge in [0.1, 0.15) is 5.75 Å². The lowest BCUT2D eigenvalue weighted by Gasteiger charge is -2.13. The average molecular weight is 398 g/mol. The van der Waals surface area contributed by atoms with Crippen molar-refractivity contribution >= 4 is 11.5 Å². The number of alkyl halides is 3. The molecule has 4 nitrogen and oxygen atoms in total. The molecule has 1 aromatic carbocycles. The van der Waals surface area contributed by atoms with E-state index in [9.17, 15) is 18.0 Å². The molecule has 1 rings (SSSR count). The molecule has 0 aromatic heterocycles. The second-order valence-electron chi connectivity index (χ2n) is 6.13. The molecular weight excluding hydrogens is 373 g/mol. The number of halogens is 3. The molecule has 0 spiro atoms. The summed E-state index contributed by atoms with van der Waals surface area (Å²) in [5.74, 6) is -0.0225. The Balaban J connectivity index is 3.35. The monoisotopic (exact) mass is 398 g/mol. The number of benzene rings is 1. The topological polar surface area (TPSA) is 55.8 Å². The molecule has 0 aliphatic carbocycles. The van der Waals surface area contributed by atoms with Crippen molar-refractivity contribution in [1.29, 1.82) is 0 Å². The Morgan fingerprint density at radius 1 is 1.21 bits per heavy atom. The largest absolute Gasteiger partial charge is 0.496 e. The highest BCUT2D eigenvalue weighted by molar-refractivity contribution is 5.76. The van der Waals surface area contributed by atoms with Crippen molar-refractivity contribution in [1.82, 2.24) is 0 Å². The van der Waals surface area contributed by atoms with E-state index in [0.717, 1.165) is 12.2 Å². The van der Waals surface area contributed by atoms with Crippen LogP contribution in [0.1, 0.15) is 31.9 Å². The molecule has 0 saturated heterocycles. The minimum atomic E-state index is -4.57. The molecule has 0 aliphatic rings. The van der Waals surface area contributed by atoms with Gasteiger partial charge in [0.2, 0.25) is 0 Å². The van der Waals surface area contributed by atoms with E-state index in [1.54, 1.807) is 25.1 Å². The lowest BCUT2D eigenvalue weighted by molar-refractivity contribution is -0.142. The third kappa shape index (κ3) is 7.23. The summed E-state index contributed by atoms with van der Waals surface area (Å²) >= 11 is 0. The number of esters is 1. The summed E-state index contributed by atoms with van der Waals surface area (Å²) in [6.45, 7) is 4.69. The van der Waals surface area contributed by atoms with Crippen molar-refractivity contribution in [2.75, 3.05) is 20.3 Å². The van der Waals surface area contributed by atoms with Crippen LogP contribution in [0.3, 0.4) is 0 Å². The molecule has 0 bridgehead atoms. The Morgan fingerprint density at radius 2 is 1.89 bits per heavy atom. The standard InChI is InChI=1S/C21H25F3O4/c1-5-28-20(26)12-16-7-9-19(27-4)18(11-16)15(3)10-17(21(22,23)24)8-6-14(2)13-25/h6-11,25H,5,12-13H2,1-4H3/b14-6+,15-10+,17-8+. The van der Waals surface area contributed by atoms with Crippen LogP contribution < -0.4 is 4.74 Å². The molecule has 28 heavy (non-hydrogen) atoms. The summed E-state index contributed by atoms with van der Waals surface area (Å²) < 4.78 is 50.3. The summed E-state index contributed by atoms with van der Waals surface area (Å²) in [5, 5.41) is 8.97. The minimum absolute atomic E-state index is 0.0124. The number of hydrogen-bond acceptors (Lipinski definition) is 4. The van der Waals surface area contributed by atoms with E-state index in [4.69, 9.17) is 14.6 Å². The van der Waals surface area contributed by atoms with E-state index in [1.165, 1.54) is 27.0 Å². The zero-order chi connectivity index (χ0) is 21.3. The molecule has 0 fully saturated rings. The van der Waals surface area contributed by atoms with Crippen LogP contribution in [0.15, 0.2) is 47.6 Å². The van der Waals surface area contributed by atoms with Gasteiger partial charge in [-0.3, -0.25) is 4.79 Å². The summed E-state index contributed by atoms with van der Waals surface area (Å²) in [4.78, 5) is 11.7. The van der Waals surface area contributed by atoms with Crippen molar-refractivity contribution < 1.29 is 32.5 Å². The first-order valence-corrected chi connectivity index (χ1v) is 8.69. The van der Waals surface area contributed by atoms with Crippen molar-refractivity contribution in [3.05, 3.63) is 58.7 Å². The van der Waals surface area contributed by atoms with E-state index in [1.807, 2.05) is 0 Å². The van der Waals surface area contributed by atoms with Gasteiger partial charge in [-0.1, -0.05) is 12.1 Å². The summed E-state index contributed by atoms with van der Waals surface area (Å²) in [5.41, 5.74) is 0.913. The van der Waals surface area contributed by atoms with Gasteiger partial charge in [-0.25, -0.2) is 0 Å². The number of aliphatic hydroxyl groups is 1. The molecule has 7 heteroatoms. The zero-order valence-corrected chi connectivity index (χ0v) is 16.4. The Kier molecular flexibility index (Phi) is 8.99. The maximum Gasteiger partial charge on any atom is 0.416 e. The number of ether oxygens (including phenoxy) is 2. The van der Waals surface area contributed by atoms with Crippen LogP contribution in [0.5, 0.6) is 5.75 Å². The van der Waals surface area contributed by atoms with Gasteiger partial charge >= 0.3 is 12.1 Å². The maximum atomic E-state index is 13.4. The van der Waals surface area contributed by atoms with Gasteiger partial charge < -0.3 is 14.6 Å². The molecule has 0 atom stereocenters. The van der Waals surface area contributed by atoms with Crippen LogP contribution in [0.25, 0.3) is 5.57 Å². The Labute approximate surface area is 163 Å². The Morgan fingerprint density at radius 3 is 2.43 bits per heavy atom. The van der Waals surface area contributed by atoms with Crippen LogP contribution in [0.2, 0.25) is 0 Å². The smallest absolute Gasteiger partial charge is 0.416 e. The Bertz CT molecular complexity index is 774. The van der Waals surface area contributed by atoms with Crippen molar-refractivity contribution in [3.63, 3.8) is 0 Å². The van der Waals surface area contributed by atoms with Crippen molar-refractivity contribution in [3.8, 4) is 5.75 Å². The van der Waals surface area contributed by atoms with Crippen LogP contribution >= 0.6 is 0 Å². The maximum absolute atomic E-state index is 13.4. The fourth-order valence-corrected chi connectivity index (χ4v) is 2.37. The van der Waals surface area contributed by atoms with Gasteiger partial charge in [0, 0.05) is 5.56 Å². The number of carbonyl (C=O) groups excluding carboxylic acids is 1. The molecule has 0 amide bonds. The minimum Gasteiger partial charge on any atom is -0.496 e. The number of hydrogen-bond donors (Lipinski definition) is 1. The van der Waals surface area contributed by atoms with E-state index in [2.05, 4.69) is 0 Å². The number of rotatable bonds is 8. The Hall–Kier alpha value is -2.54. The van der Waals surface area contributed by atoms with Gasteiger partial charge in [0.05, 0.1) is 32.3 Å². The second-order valence-corrected chi connectivity index (χ2v) is 6.13. The lowest BCUT2D eigenvalue weighted by atomic mass is 9.99. The molecule has 0 saturated carbocycles. The molecule has 0 aliphatic heterocycles. The predicted molar refractivity (Wildman–Crippen MR) is 102 cm³/mol. The third-order valence-electron chi connectivity index (χ3n) is 3.84. The van der Waals surface area contributed by atoms with E-state index >= 15 is 0 Å². The van der Waals surface area contributed by atoms with E-state index in [0.29, 0.717) is 28.0 Å². The van der Waals surface area contributed by atoms with Gasteiger partial charge in [-0.2, -0.15) is 13.2 Å². The molecule has 0 unspecified atom stereocenters. The van der Waals surface area contributed by atoms with Crippen LogP contribution in [-0.2, 0) is 16.0 Å². The van der Waals surface area contributed by atoms with E-state index < -0.39 is 17.7 Å². The fourth-order valence-electron chi connectivity index (χ4n) is 2.37. The number of aliphatic hydroxyl groups excluding tert-OH is 1. The van der Waals surface area contributed by atoms with Crippen molar-refractivity contribution in [2.24, 2.45) is 0 Å². The van der Waals surface area contributed by atoms with Gasteiger partial charge in [0.15, 0.2) is 0 Å². The predicted octanol–water partition coefficient (Wildman–Crippen LogP) is 4.63.